The highest BCUT2D eigenvalue weighted by Crippen LogP contribution is 2.27. The highest BCUT2D eigenvalue weighted by molar-refractivity contribution is 5.84. The van der Waals surface area contributed by atoms with Gasteiger partial charge in [0.25, 0.3) is 0 Å². The molecule has 0 aromatic rings. The van der Waals surface area contributed by atoms with Gasteiger partial charge in [0.05, 0.1) is 6.04 Å². The zero-order valence-electron chi connectivity index (χ0n) is 16.5. The summed E-state index contributed by atoms with van der Waals surface area (Å²) in [5.74, 6) is -0.127. The molecule has 2 aliphatic rings. The smallest absolute Gasteiger partial charge is 0.410 e. The second-order valence-electron chi connectivity index (χ2n) is 8.52. The van der Waals surface area contributed by atoms with Crippen LogP contribution in [0.15, 0.2) is 0 Å². The van der Waals surface area contributed by atoms with Crippen LogP contribution in [0, 0.1) is 5.92 Å². The Bertz CT molecular complexity index is 540. The third kappa shape index (κ3) is 6.55. The molecule has 0 aromatic carbocycles. The molecule has 1 unspecified atom stereocenters. The molecule has 0 spiro atoms. The molecule has 27 heavy (non-hydrogen) atoms. The Morgan fingerprint density at radius 1 is 1.15 bits per heavy atom. The summed E-state index contributed by atoms with van der Waals surface area (Å²) in [7, 11) is 1.70. The number of halogens is 3. The molecule has 0 aromatic heterocycles. The zero-order chi connectivity index (χ0) is 20.4. The lowest BCUT2D eigenvalue weighted by Gasteiger charge is -2.36. The van der Waals surface area contributed by atoms with Crippen LogP contribution in [0.1, 0.15) is 40.0 Å². The molecule has 0 bridgehead atoms. The third-order valence-corrected chi connectivity index (χ3v) is 4.97. The molecule has 0 radical (unpaired) electrons. The van der Waals surface area contributed by atoms with E-state index in [1.807, 2.05) is 25.7 Å². The lowest BCUT2D eigenvalue weighted by atomic mass is 9.95. The number of ether oxygens (including phenoxy) is 1. The quantitative estimate of drug-likeness (QED) is 0.737. The number of rotatable bonds is 4. The Balaban J connectivity index is 1.79. The van der Waals surface area contributed by atoms with Crippen molar-refractivity contribution in [3.8, 4) is 0 Å². The first-order chi connectivity index (χ1) is 12.4. The van der Waals surface area contributed by atoms with E-state index in [0.717, 1.165) is 17.7 Å². The lowest BCUT2D eigenvalue weighted by Crippen LogP contribution is -2.48. The van der Waals surface area contributed by atoms with Gasteiger partial charge in [0, 0.05) is 20.1 Å². The Hall–Kier alpha value is -1.51. The van der Waals surface area contributed by atoms with E-state index in [-0.39, 0.29) is 12.6 Å². The Morgan fingerprint density at radius 2 is 1.74 bits per heavy atom. The first-order valence-electron chi connectivity index (χ1n) is 9.39. The molecule has 1 atom stereocenters. The second-order valence-corrected chi connectivity index (χ2v) is 8.52. The van der Waals surface area contributed by atoms with E-state index in [4.69, 9.17) is 4.74 Å². The van der Waals surface area contributed by atoms with Crippen molar-refractivity contribution in [3.05, 3.63) is 0 Å². The molecule has 6 nitrogen and oxygen atoms in total. The van der Waals surface area contributed by atoms with Crippen LogP contribution in [-0.2, 0) is 9.53 Å². The number of amides is 2. The summed E-state index contributed by atoms with van der Waals surface area (Å²) in [4.78, 5) is 28.8. The van der Waals surface area contributed by atoms with Crippen LogP contribution in [0.4, 0.5) is 18.0 Å². The molecule has 2 amide bonds. The minimum Gasteiger partial charge on any atom is -0.444 e. The Morgan fingerprint density at radius 3 is 2.26 bits per heavy atom. The van der Waals surface area contributed by atoms with Crippen LogP contribution in [-0.4, -0.2) is 84.3 Å². The van der Waals surface area contributed by atoms with Gasteiger partial charge in [-0.15, -0.1) is 0 Å². The van der Waals surface area contributed by atoms with Crippen molar-refractivity contribution in [1.29, 1.82) is 0 Å². The van der Waals surface area contributed by atoms with E-state index < -0.39 is 30.3 Å². The fourth-order valence-electron chi connectivity index (χ4n) is 3.68. The highest BCUT2D eigenvalue weighted by atomic mass is 19.4. The highest BCUT2D eigenvalue weighted by Gasteiger charge is 2.42. The molecule has 0 N–H and O–H groups in total. The van der Waals surface area contributed by atoms with Crippen LogP contribution in [0.3, 0.4) is 0 Å². The van der Waals surface area contributed by atoms with Gasteiger partial charge in [-0.1, -0.05) is 0 Å². The topological polar surface area (TPSA) is 53.1 Å². The Labute approximate surface area is 158 Å². The minimum absolute atomic E-state index is 0.157. The predicted octanol–water partition coefficient (Wildman–Crippen LogP) is 2.73. The molecule has 2 saturated heterocycles. The number of likely N-dealkylation sites (tertiary alicyclic amines) is 2. The van der Waals surface area contributed by atoms with E-state index in [1.54, 1.807) is 11.9 Å². The van der Waals surface area contributed by atoms with Gasteiger partial charge in [-0.3, -0.25) is 9.69 Å². The third-order valence-electron chi connectivity index (χ3n) is 4.97. The number of hydrogen-bond acceptors (Lipinski definition) is 4. The number of hydrogen-bond donors (Lipinski definition) is 0. The molecular weight excluding hydrogens is 363 g/mol. The van der Waals surface area contributed by atoms with Crippen molar-refractivity contribution in [2.75, 3.05) is 39.8 Å². The number of piperidine rings is 1. The van der Waals surface area contributed by atoms with Crippen molar-refractivity contribution < 1.29 is 27.5 Å². The van der Waals surface area contributed by atoms with Gasteiger partial charge in [0.1, 0.15) is 12.1 Å². The van der Waals surface area contributed by atoms with Gasteiger partial charge in [0.2, 0.25) is 5.91 Å². The van der Waals surface area contributed by atoms with Crippen LogP contribution >= 0.6 is 0 Å². The van der Waals surface area contributed by atoms with Crippen LogP contribution < -0.4 is 0 Å². The standard InChI is InChI=1S/C18H30F3N3O3/c1-17(2,3)27-16(26)22(4)11-13-5-8-23(9-6-13)14-7-10-24(15(14)25)12-18(19,20)21/h13-14H,5-12H2,1-4H3. The largest absolute Gasteiger partial charge is 0.444 e. The number of carbonyl (C=O) groups excluding carboxylic acids is 2. The summed E-state index contributed by atoms with van der Waals surface area (Å²) in [6, 6.07) is -0.447. The summed E-state index contributed by atoms with van der Waals surface area (Å²) < 4.78 is 43.0. The van der Waals surface area contributed by atoms with E-state index in [9.17, 15) is 22.8 Å². The molecular formula is C18H30F3N3O3. The molecule has 2 aliphatic heterocycles. The monoisotopic (exact) mass is 393 g/mol. The van der Waals surface area contributed by atoms with E-state index in [0.29, 0.717) is 32.0 Å². The van der Waals surface area contributed by atoms with Crippen molar-refractivity contribution >= 4 is 12.0 Å². The first-order valence-corrected chi connectivity index (χ1v) is 9.39. The molecule has 156 valence electrons. The molecule has 0 saturated carbocycles. The van der Waals surface area contributed by atoms with Crippen molar-refractivity contribution in [1.82, 2.24) is 14.7 Å². The fraction of sp³-hybridized carbons (Fsp3) is 0.889. The predicted molar refractivity (Wildman–Crippen MR) is 94.2 cm³/mol. The van der Waals surface area contributed by atoms with Crippen molar-refractivity contribution in [2.24, 2.45) is 5.92 Å². The molecule has 0 aliphatic carbocycles. The molecule has 2 rings (SSSR count). The van der Waals surface area contributed by atoms with Crippen LogP contribution in [0.5, 0.6) is 0 Å². The van der Waals surface area contributed by atoms with Gasteiger partial charge in [-0.05, 0) is 59.0 Å². The molecule has 9 heteroatoms. The zero-order valence-corrected chi connectivity index (χ0v) is 16.5. The van der Waals surface area contributed by atoms with Gasteiger partial charge in [-0.25, -0.2) is 4.79 Å². The average molecular weight is 393 g/mol. The SMILES string of the molecule is CN(CC1CCN(C2CCN(CC(F)(F)F)C2=O)CC1)C(=O)OC(C)(C)C. The van der Waals surface area contributed by atoms with Gasteiger partial charge in [0.15, 0.2) is 0 Å². The number of nitrogens with zero attached hydrogens (tertiary/aromatic N) is 3. The maximum absolute atomic E-state index is 12.5. The van der Waals surface area contributed by atoms with E-state index in [2.05, 4.69) is 0 Å². The van der Waals surface area contributed by atoms with Crippen LogP contribution in [0.2, 0.25) is 0 Å². The van der Waals surface area contributed by atoms with Crippen molar-refractivity contribution in [2.45, 2.75) is 57.9 Å². The summed E-state index contributed by atoms with van der Waals surface area (Å²) in [6.45, 7) is 6.32. The fourth-order valence-corrected chi connectivity index (χ4v) is 3.68. The van der Waals surface area contributed by atoms with Crippen molar-refractivity contribution in [3.63, 3.8) is 0 Å². The number of carbonyl (C=O) groups is 2. The molecule has 2 fully saturated rings. The minimum atomic E-state index is -4.36. The van der Waals surface area contributed by atoms with Crippen LogP contribution in [0.25, 0.3) is 0 Å². The summed E-state index contributed by atoms with van der Waals surface area (Å²) >= 11 is 0. The number of alkyl halides is 3. The Kier molecular flexibility index (Phi) is 6.65. The van der Waals surface area contributed by atoms with E-state index in [1.165, 1.54) is 0 Å². The first kappa shape index (κ1) is 21.8. The van der Waals surface area contributed by atoms with Gasteiger partial charge >= 0.3 is 12.3 Å². The summed E-state index contributed by atoms with van der Waals surface area (Å²) in [5.41, 5.74) is -0.542. The second kappa shape index (κ2) is 8.24. The van der Waals surface area contributed by atoms with Gasteiger partial charge in [-0.2, -0.15) is 13.2 Å². The van der Waals surface area contributed by atoms with E-state index >= 15 is 0 Å². The molecule has 2 heterocycles. The van der Waals surface area contributed by atoms with Gasteiger partial charge < -0.3 is 14.5 Å². The summed E-state index contributed by atoms with van der Waals surface area (Å²) in [5, 5.41) is 0. The summed E-state index contributed by atoms with van der Waals surface area (Å²) in [6.07, 6.45) is -2.67. The normalized spacial score (nSPS) is 23.0. The maximum Gasteiger partial charge on any atom is 0.410 e. The maximum atomic E-state index is 12.5. The average Bonchev–Trinajstić information content (AvgIpc) is 2.85. The lowest BCUT2D eigenvalue weighted by molar-refractivity contribution is -0.159.